The van der Waals surface area contributed by atoms with Crippen LogP contribution in [0.1, 0.15) is 41.3 Å². The molecule has 2 heteroatoms. The molecule has 0 heterocycles. The van der Waals surface area contributed by atoms with Crippen molar-refractivity contribution < 1.29 is 9.90 Å². The molecule has 74 valence electrons. The number of phenolic OH excluding ortho intramolecular Hbond substituents is 1. The third kappa shape index (κ3) is 1.31. The minimum atomic E-state index is 0.223. The van der Waals surface area contributed by atoms with Crippen LogP contribution in [0.3, 0.4) is 0 Å². The normalized spacial score (nSPS) is 15.4. The summed E-state index contributed by atoms with van der Waals surface area (Å²) in [5.41, 5.74) is 2.85. The number of rotatable bonds is 1. The predicted molar refractivity (Wildman–Crippen MR) is 54.8 cm³/mol. The highest BCUT2D eigenvalue weighted by Gasteiger charge is 2.20. The molecule has 0 atom stereocenters. The lowest BCUT2D eigenvalue weighted by Gasteiger charge is -2.18. The second kappa shape index (κ2) is 3.45. The molecule has 0 unspecified atom stereocenters. The molecule has 1 aliphatic rings. The quantitative estimate of drug-likeness (QED) is 0.738. The van der Waals surface area contributed by atoms with Crippen LogP contribution in [0.25, 0.3) is 0 Å². The summed E-state index contributed by atoms with van der Waals surface area (Å²) < 4.78 is 0. The zero-order valence-corrected chi connectivity index (χ0v) is 8.34. The van der Waals surface area contributed by atoms with Gasteiger partial charge < -0.3 is 5.11 Å². The standard InChI is InChI=1S/C12H14O2/c1-2-8-9-4-3-5-11(13)10(9)6-7-12(8)14/h6-7,14H,2-5H2,1H3. The van der Waals surface area contributed by atoms with Gasteiger partial charge in [0, 0.05) is 12.0 Å². The Labute approximate surface area is 83.6 Å². The van der Waals surface area contributed by atoms with E-state index in [2.05, 4.69) is 0 Å². The van der Waals surface area contributed by atoms with Crippen LogP contribution in [0.5, 0.6) is 5.75 Å². The fourth-order valence-corrected chi connectivity index (χ4v) is 2.18. The first kappa shape index (κ1) is 9.25. The summed E-state index contributed by atoms with van der Waals surface area (Å²) in [7, 11) is 0. The lowest BCUT2D eigenvalue weighted by Crippen LogP contribution is -2.12. The van der Waals surface area contributed by atoms with E-state index in [0.29, 0.717) is 12.2 Å². The Bertz CT molecular complexity index is 380. The molecular weight excluding hydrogens is 176 g/mol. The SMILES string of the molecule is CCc1c(O)ccc2c1CCCC2=O. The number of hydrogen-bond acceptors (Lipinski definition) is 2. The molecule has 0 aromatic heterocycles. The summed E-state index contributed by atoms with van der Waals surface area (Å²) in [5, 5.41) is 9.64. The molecular formula is C12H14O2. The summed E-state index contributed by atoms with van der Waals surface area (Å²) in [6.45, 7) is 2.01. The topological polar surface area (TPSA) is 37.3 Å². The number of phenols is 1. The molecule has 2 nitrogen and oxygen atoms in total. The van der Waals surface area contributed by atoms with E-state index in [9.17, 15) is 9.90 Å². The summed E-state index contributed by atoms with van der Waals surface area (Å²) in [5.74, 6) is 0.557. The number of carbonyl (C=O) groups excluding carboxylic acids is 1. The first-order chi connectivity index (χ1) is 6.74. The average Bonchev–Trinajstić information content (AvgIpc) is 2.18. The van der Waals surface area contributed by atoms with Crippen LogP contribution in [-0.4, -0.2) is 10.9 Å². The summed E-state index contributed by atoms with van der Waals surface area (Å²) in [6, 6.07) is 3.40. The van der Waals surface area contributed by atoms with E-state index in [-0.39, 0.29) is 5.78 Å². The van der Waals surface area contributed by atoms with Crippen LogP contribution in [0.15, 0.2) is 12.1 Å². The number of aromatic hydroxyl groups is 1. The van der Waals surface area contributed by atoms with Gasteiger partial charge in [-0.3, -0.25) is 4.79 Å². The predicted octanol–water partition coefficient (Wildman–Crippen LogP) is 2.47. The molecule has 0 saturated heterocycles. The maximum atomic E-state index is 11.6. The number of Topliss-reactive ketones (excluding diaryl/α,β-unsaturated/α-hetero) is 1. The van der Waals surface area contributed by atoms with Gasteiger partial charge in [0.05, 0.1) is 0 Å². The van der Waals surface area contributed by atoms with Crippen molar-refractivity contribution in [1.82, 2.24) is 0 Å². The molecule has 1 aromatic carbocycles. The highest BCUT2D eigenvalue weighted by molar-refractivity contribution is 5.99. The van der Waals surface area contributed by atoms with Gasteiger partial charge in [-0.05, 0) is 42.5 Å². The number of ketones is 1. The van der Waals surface area contributed by atoms with Gasteiger partial charge in [0.25, 0.3) is 0 Å². The molecule has 0 saturated carbocycles. The minimum Gasteiger partial charge on any atom is -0.508 e. The van der Waals surface area contributed by atoms with Gasteiger partial charge in [-0.15, -0.1) is 0 Å². The molecule has 0 fully saturated rings. The molecule has 0 spiro atoms. The highest BCUT2D eigenvalue weighted by atomic mass is 16.3. The summed E-state index contributed by atoms with van der Waals surface area (Å²) in [6.07, 6.45) is 3.30. The zero-order chi connectivity index (χ0) is 10.1. The Balaban J connectivity index is 2.61. The van der Waals surface area contributed by atoms with Crippen LogP contribution in [0.2, 0.25) is 0 Å². The van der Waals surface area contributed by atoms with E-state index in [1.54, 1.807) is 12.1 Å². The van der Waals surface area contributed by atoms with Crippen molar-refractivity contribution >= 4 is 5.78 Å². The number of fused-ring (bicyclic) bond motifs is 1. The van der Waals surface area contributed by atoms with Gasteiger partial charge in [-0.2, -0.15) is 0 Å². The summed E-state index contributed by atoms with van der Waals surface area (Å²) >= 11 is 0. The average molecular weight is 190 g/mol. The molecule has 1 N–H and O–H groups in total. The van der Waals surface area contributed by atoms with Crippen LogP contribution < -0.4 is 0 Å². The molecule has 0 bridgehead atoms. The summed E-state index contributed by atoms with van der Waals surface area (Å²) in [4.78, 5) is 11.6. The van der Waals surface area contributed by atoms with Crippen LogP contribution in [-0.2, 0) is 12.8 Å². The third-order valence-corrected chi connectivity index (χ3v) is 2.89. The number of carbonyl (C=O) groups is 1. The Hall–Kier alpha value is -1.31. The van der Waals surface area contributed by atoms with E-state index < -0.39 is 0 Å². The van der Waals surface area contributed by atoms with Crippen molar-refractivity contribution in [1.29, 1.82) is 0 Å². The second-order valence-electron chi connectivity index (χ2n) is 3.72. The lowest BCUT2D eigenvalue weighted by molar-refractivity contribution is 0.0972. The van der Waals surface area contributed by atoms with Crippen molar-refractivity contribution in [3.63, 3.8) is 0 Å². The van der Waals surface area contributed by atoms with E-state index in [0.717, 1.165) is 36.0 Å². The number of benzene rings is 1. The van der Waals surface area contributed by atoms with Crippen molar-refractivity contribution in [3.8, 4) is 5.75 Å². The molecule has 1 aromatic rings. The van der Waals surface area contributed by atoms with E-state index in [4.69, 9.17) is 0 Å². The van der Waals surface area contributed by atoms with Gasteiger partial charge in [-0.25, -0.2) is 0 Å². The van der Waals surface area contributed by atoms with E-state index in [1.807, 2.05) is 6.92 Å². The molecule has 0 radical (unpaired) electrons. The maximum absolute atomic E-state index is 11.6. The van der Waals surface area contributed by atoms with Crippen molar-refractivity contribution in [2.24, 2.45) is 0 Å². The van der Waals surface area contributed by atoms with Gasteiger partial charge in [0.1, 0.15) is 5.75 Å². The van der Waals surface area contributed by atoms with Crippen LogP contribution in [0.4, 0.5) is 0 Å². The molecule has 0 aliphatic heterocycles. The maximum Gasteiger partial charge on any atom is 0.163 e. The molecule has 2 rings (SSSR count). The first-order valence-electron chi connectivity index (χ1n) is 5.11. The lowest BCUT2D eigenvalue weighted by atomic mass is 9.86. The van der Waals surface area contributed by atoms with E-state index >= 15 is 0 Å². The van der Waals surface area contributed by atoms with Crippen molar-refractivity contribution in [3.05, 3.63) is 28.8 Å². The zero-order valence-electron chi connectivity index (χ0n) is 8.34. The largest absolute Gasteiger partial charge is 0.508 e. The smallest absolute Gasteiger partial charge is 0.163 e. The van der Waals surface area contributed by atoms with E-state index in [1.165, 1.54) is 0 Å². The molecule has 1 aliphatic carbocycles. The van der Waals surface area contributed by atoms with Crippen LogP contribution in [0, 0.1) is 0 Å². The Morgan fingerprint density at radius 1 is 1.36 bits per heavy atom. The third-order valence-electron chi connectivity index (χ3n) is 2.89. The fraction of sp³-hybridized carbons (Fsp3) is 0.417. The van der Waals surface area contributed by atoms with Gasteiger partial charge in [-0.1, -0.05) is 6.92 Å². The molecule has 0 amide bonds. The monoisotopic (exact) mass is 190 g/mol. The Kier molecular flexibility index (Phi) is 2.28. The van der Waals surface area contributed by atoms with Gasteiger partial charge in [0.15, 0.2) is 5.78 Å². The van der Waals surface area contributed by atoms with Gasteiger partial charge in [0.2, 0.25) is 0 Å². The highest BCUT2D eigenvalue weighted by Crippen LogP contribution is 2.30. The minimum absolute atomic E-state index is 0.223. The Morgan fingerprint density at radius 3 is 2.86 bits per heavy atom. The van der Waals surface area contributed by atoms with Crippen molar-refractivity contribution in [2.75, 3.05) is 0 Å². The van der Waals surface area contributed by atoms with Gasteiger partial charge >= 0.3 is 0 Å². The number of hydrogen-bond donors (Lipinski definition) is 1. The molecule has 14 heavy (non-hydrogen) atoms. The fourth-order valence-electron chi connectivity index (χ4n) is 2.18. The van der Waals surface area contributed by atoms with Crippen LogP contribution >= 0.6 is 0 Å². The van der Waals surface area contributed by atoms with Crippen molar-refractivity contribution in [2.45, 2.75) is 32.6 Å². The Morgan fingerprint density at radius 2 is 2.14 bits per heavy atom. The first-order valence-corrected chi connectivity index (χ1v) is 5.11. The second-order valence-corrected chi connectivity index (χ2v) is 3.72.